The van der Waals surface area contributed by atoms with Crippen molar-refractivity contribution in [3.8, 4) is 0 Å². The summed E-state index contributed by atoms with van der Waals surface area (Å²) in [6.07, 6.45) is 4.93. The molecule has 0 saturated carbocycles. The van der Waals surface area contributed by atoms with Crippen molar-refractivity contribution in [3.63, 3.8) is 0 Å². The predicted octanol–water partition coefficient (Wildman–Crippen LogP) is 2.07. The molecule has 1 aromatic rings. The second-order valence-electron chi connectivity index (χ2n) is 3.47. The molecule has 3 nitrogen and oxygen atoms in total. The molecule has 0 unspecified atom stereocenters. The van der Waals surface area contributed by atoms with Crippen molar-refractivity contribution in [2.45, 2.75) is 20.3 Å². The normalized spacial score (nSPS) is 11.7. The maximum Gasteiger partial charge on any atom is 0.130 e. The van der Waals surface area contributed by atoms with E-state index in [0.717, 1.165) is 25.1 Å². The van der Waals surface area contributed by atoms with E-state index in [9.17, 15) is 0 Å². The third kappa shape index (κ3) is 3.72. The van der Waals surface area contributed by atoms with Crippen molar-refractivity contribution in [1.82, 2.24) is 10.3 Å². The lowest BCUT2D eigenvalue weighted by atomic mass is 10.1. The highest BCUT2D eigenvalue weighted by Gasteiger charge is 1.99. The van der Waals surface area contributed by atoms with Crippen LogP contribution in [0.4, 0.5) is 5.82 Å². The van der Waals surface area contributed by atoms with Gasteiger partial charge in [0.25, 0.3) is 0 Å². The van der Waals surface area contributed by atoms with Crippen LogP contribution < -0.4 is 11.1 Å². The van der Waals surface area contributed by atoms with E-state index in [1.165, 1.54) is 5.57 Å². The zero-order chi connectivity index (χ0) is 11.1. The van der Waals surface area contributed by atoms with Gasteiger partial charge in [0.2, 0.25) is 0 Å². The zero-order valence-corrected chi connectivity index (χ0v) is 9.46. The number of nitrogens with two attached hydrogens (primary N) is 1. The van der Waals surface area contributed by atoms with E-state index in [1.807, 2.05) is 12.1 Å². The maximum absolute atomic E-state index is 5.78. The first-order chi connectivity index (χ1) is 7.25. The number of nitrogens with one attached hydrogen (secondary N) is 1. The summed E-state index contributed by atoms with van der Waals surface area (Å²) >= 11 is 0. The van der Waals surface area contributed by atoms with Gasteiger partial charge in [-0.05, 0) is 44.1 Å². The Morgan fingerprint density at radius 3 is 3.07 bits per heavy atom. The Labute approximate surface area is 91.4 Å². The van der Waals surface area contributed by atoms with Gasteiger partial charge in [-0.25, -0.2) is 4.98 Å². The summed E-state index contributed by atoms with van der Waals surface area (Å²) in [5.41, 5.74) is 8.01. The molecule has 0 aromatic carbocycles. The van der Waals surface area contributed by atoms with Crippen LogP contribution in [0.25, 0.3) is 5.57 Å². The average molecular weight is 205 g/mol. The standard InChI is InChI=1S/C12H19N3/c1-3-14-8-4-6-10(2)11-7-5-9-15-12(11)13/h5-7,9,14H,3-4,8H2,1-2H3,(H2,13,15). The Balaban J connectivity index is 2.60. The summed E-state index contributed by atoms with van der Waals surface area (Å²) in [5.74, 6) is 0.606. The number of rotatable bonds is 5. The number of pyridine rings is 1. The second kappa shape index (κ2) is 6.19. The summed E-state index contributed by atoms with van der Waals surface area (Å²) in [6.45, 7) is 6.20. The molecule has 0 radical (unpaired) electrons. The Hall–Kier alpha value is -1.35. The number of allylic oxidation sites excluding steroid dienone is 1. The van der Waals surface area contributed by atoms with Gasteiger partial charge in [-0.15, -0.1) is 0 Å². The van der Waals surface area contributed by atoms with Crippen molar-refractivity contribution in [1.29, 1.82) is 0 Å². The Kier molecular flexibility index (Phi) is 4.84. The number of hydrogen-bond acceptors (Lipinski definition) is 3. The van der Waals surface area contributed by atoms with Crippen molar-refractivity contribution in [2.24, 2.45) is 0 Å². The number of nitrogens with zero attached hydrogens (tertiary/aromatic N) is 1. The van der Waals surface area contributed by atoms with Crippen molar-refractivity contribution in [2.75, 3.05) is 18.8 Å². The Bertz CT molecular complexity index is 331. The fourth-order valence-electron chi connectivity index (χ4n) is 1.43. The summed E-state index contributed by atoms with van der Waals surface area (Å²) < 4.78 is 0. The summed E-state index contributed by atoms with van der Waals surface area (Å²) in [6, 6.07) is 3.91. The van der Waals surface area contributed by atoms with Crippen LogP contribution in [-0.2, 0) is 0 Å². The van der Waals surface area contributed by atoms with Gasteiger partial charge in [0.1, 0.15) is 5.82 Å². The van der Waals surface area contributed by atoms with Crippen LogP contribution in [0.5, 0.6) is 0 Å². The molecular formula is C12H19N3. The summed E-state index contributed by atoms with van der Waals surface area (Å²) in [5, 5.41) is 3.28. The smallest absolute Gasteiger partial charge is 0.130 e. The molecule has 1 aromatic heterocycles. The molecule has 0 aliphatic heterocycles. The SMILES string of the molecule is CCNCCC=C(C)c1cccnc1N. The Morgan fingerprint density at radius 1 is 1.60 bits per heavy atom. The van der Waals surface area contributed by atoms with Gasteiger partial charge in [0, 0.05) is 11.8 Å². The van der Waals surface area contributed by atoms with Gasteiger partial charge in [-0.3, -0.25) is 0 Å². The molecule has 0 fully saturated rings. The van der Waals surface area contributed by atoms with E-state index in [0.29, 0.717) is 5.82 Å². The molecule has 0 aliphatic rings. The van der Waals surface area contributed by atoms with Gasteiger partial charge < -0.3 is 11.1 Å². The van der Waals surface area contributed by atoms with Gasteiger partial charge in [-0.2, -0.15) is 0 Å². The molecule has 1 rings (SSSR count). The molecule has 0 saturated heterocycles. The van der Waals surface area contributed by atoms with Crippen LogP contribution in [0.1, 0.15) is 25.8 Å². The van der Waals surface area contributed by atoms with E-state index < -0.39 is 0 Å². The lowest BCUT2D eigenvalue weighted by molar-refractivity contribution is 0.727. The lowest BCUT2D eigenvalue weighted by Crippen LogP contribution is -2.13. The van der Waals surface area contributed by atoms with Gasteiger partial charge >= 0.3 is 0 Å². The fourth-order valence-corrected chi connectivity index (χ4v) is 1.43. The topological polar surface area (TPSA) is 50.9 Å². The lowest BCUT2D eigenvalue weighted by Gasteiger charge is -2.04. The van der Waals surface area contributed by atoms with Crippen LogP contribution in [0.3, 0.4) is 0 Å². The highest BCUT2D eigenvalue weighted by Crippen LogP contribution is 2.18. The molecule has 3 N–H and O–H groups in total. The van der Waals surface area contributed by atoms with Crippen LogP contribution in [0.2, 0.25) is 0 Å². The van der Waals surface area contributed by atoms with Crippen LogP contribution in [-0.4, -0.2) is 18.1 Å². The molecule has 82 valence electrons. The molecule has 0 amide bonds. The first kappa shape index (κ1) is 11.7. The van der Waals surface area contributed by atoms with Crippen molar-refractivity contribution >= 4 is 11.4 Å². The molecule has 15 heavy (non-hydrogen) atoms. The largest absolute Gasteiger partial charge is 0.383 e. The van der Waals surface area contributed by atoms with Crippen LogP contribution >= 0.6 is 0 Å². The number of hydrogen-bond donors (Lipinski definition) is 2. The van der Waals surface area contributed by atoms with E-state index in [2.05, 4.69) is 30.2 Å². The van der Waals surface area contributed by atoms with Gasteiger partial charge in [0.15, 0.2) is 0 Å². The average Bonchev–Trinajstić information content (AvgIpc) is 2.25. The van der Waals surface area contributed by atoms with Crippen LogP contribution in [0, 0.1) is 0 Å². The summed E-state index contributed by atoms with van der Waals surface area (Å²) in [7, 11) is 0. The second-order valence-corrected chi connectivity index (χ2v) is 3.47. The van der Waals surface area contributed by atoms with E-state index in [-0.39, 0.29) is 0 Å². The van der Waals surface area contributed by atoms with Crippen molar-refractivity contribution < 1.29 is 0 Å². The van der Waals surface area contributed by atoms with Gasteiger partial charge in [0.05, 0.1) is 0 Å². The fraction of sp³-hybridized carbons (Fsp3) is 0.417. The van der Waals surface area contributed by atoms with E-state index >= 15 is 0 Å². The third-order valence-corrected chi connectivity index (χ3v) is 2.29. The highest BCUT2D eigenvalue weighted by molar-refractivity contribution is 5.71. The molecule has 0 spiro atoms. The number of nitrogen functional groups attached to an aromatic ring is 1. The van der Waals surface area contributed by atoms with E-state index in [1.54, 1.807) is 6.20 Å². The number of aromatic nitrogens is 1. The van der Waals surface area contributed by atoms with Crippen molar-refractivity contribution in [3.05, 3.63) is 30.0 Å². The molecule has 3 heteroatoms. The van der Waals surface area contributed by atoms with Gasteiger partial charge in [-0.1, -0.05) is 13.0 Å². The highest BCUT2D eigenvalue weighted by atomic mass is 14.8. The molecule has 0 atom stereocenters. The minimum Gasteiger partial charge on any atom is -0.383 e. The monoisotopic (exact) mass is 205 g/mol. The maximum atomic E-state index is 5.78. The summed E-state index contributed by atoms with van der Waals surface area (Å²) in [4.78, 5) is 4.07. The molecule has 1 heterocycles. The first-order valence-corrected chi connectivity index (χ1v) is 5.34. The zero-order valence-electron chi connectivity index (χ0n) is 9.46. The minimum atomic E-state index is 0.606. The molecule has 0 aliphatic carbocycles. The quantitative estimate of drug-likeness (QED) is 0.723. The molecular weight excluding hydrogens is 186 g/mol. The van der Waals surface area contributed by atoms with E-state index in [4.69, 9.17) is 5.73 Å². The number of anilines is 1. The Morgan fingerprint density at radius 2 is 2.40 bits per heavy atom. The van der Waals surface area contributed by atoms with Crippen LogP contribution in [0.15, 0.2) is 24.4 Å². The molecule has 0 bridgehead atoms. The predicted molar refractivity (Wildman–Crippen MR) is 65.5 cm³/mol. The third-order valence-electron chi connectivity index (χ3n) is 2.29. The first-order valence-electron chi connectivity index (χ1n) is 5.34. The minimum absolute atomic E-state index is 0.606.